The molecule has 6 nitrogen and oxygen atoms in total. The van der Waals surface area contributed by atoms with Crippen molar-refractivity contribution in [2.45, 2.75) is 20.0 Å². The zero-order chi connectivity index (χ0) is 20.8. The molecule has 0 aliphatic rings. The Kier molecular flexibility index (Phi) is 4.37. The number of carbonyl (C=O) groups excluding carboxylic acids is 1. The molecular formula is C20H15F3N4O2. The van der Waals surface area contributed by atoms with Crippen molar-refractivity contribution in [3.63, 3.8) is 0 Å². The van der Waals surface area contributed by atoms with Crippen LogP contribution in [0.1, 0.15) is 27.3 Å². The second kappa shape index (κ2) is 6.77. The number of hydrogen-bond donors (Lipinski definition) is 1. The summed E-state index contributed by atoms with van der Waals surface area (Å²) in [7, 11) is 0. The van der Waals surface area contributed by atoms with E-state index in [9.17, 15) is 18.0 Å². The van der Waals surface area contributed by atoms with Gasteiger partial charge in [0.25, 0.3) is 5.91 Å². The maximum atomic E-state index is 13.6. The van der Waals surface area contributed by atoms with Crippen LogP contribution in [0.5, 0.6) is 0 Å². The van der Waals surface area contributed by atoms with Crippen LogP contribution in [0.2, 0.25) is 0 Å². The predicted octanol–water partition coefficient (Wildman–Crippen LogP) is 4.88. The number of alkyl halides is 3. The fourth-order valence-corrected chi connectivity index (χ4v) is 2.85. The van der Waals surface area contributed by atoms with Gasteiger partial charge in [-0.3, -0.25) is 4.79 Å². The summed E-state index contributed by atoms with van der Waals surface area (Å²) in [4.78, 5) is 16.7. The molecule has 0 radical (unpaired) electrons. The Bertz CT molecular complexity index is 1210. The van der Waals surface area contributed by atoms with E-state index in [0.717, 1.165) is 17.2 Å². The van der Waals surface area contributed by atoms with Gasteiger partial charge >= 0.3 is 6.18 Å². The molecule has 1 amide bonds. The van der Waals surface area contributed by atoms with Crippen molar-refractivity contribution >= 4 is 17.2 Å². The zero-order valence-electron chi connectivity index (χ0n) is 15.4. The quantitative estimate of drug-likeness (QED) is 0.532. The van der Waals surface area contributed by atoms with E-state index in [0.29, 0.717) is 10.2 Å². The largest absolute Gasteiger partial charge is 0.463 e. The maximum Gasteiger partial charge on any atom is 0.433 e. The van der Waals surface area contributed by atoms with Crippen molar-refractivity contribution in [2.24, 2.45) is 0 Å². The van der Waals surface area contributed by atoms with Gasteiger partial charge in [0.1, 0.15) is 5.69 Å². The molecule has 0 fully saturated rings. The summed E-state index contributed by atoms with van der Waals surface area (Å²) in [6, 6.07) is 10.4. The van der Waals surface area contributed by atoms with E-state index in [1.807, 2.05) is 19.9 Å². The lowest BCUT2D eigenvalue weighted by molar-refractivity contribution is -0.142. The van der Waals surface area contributed by atoms with Crippen LogP contribution >= 0.6 is 0 Å². The highest BCUT2D eigenvalue weighted by molar-refractivity contribution is 6.03. The van der Waals surface area contributed by atoms with Crippen LogP contribution in [0.15, 0.2) is 53.1 Å². The average Bonchev–Trinajstić information content (AvgIpc) is 3.32. The molecule has 9 heteroatoms. The molecule has 0 bridgehead atoms. The fraction of sp³-hybridized carbons (Fsp3) is 0.150. The molecule has 3 heterocycles. The minimum Gasteiger partial charge on any atom is -0.463 e. The highest BCUT2D eigenvalue weighted by Crippen LogP contribution is 2.32. The summed E-state index contributed by atoms with van der Waals surface area (Å²) >= 11 is 0. The number of hydrogen-bond acceptors (Lipinski definition) is 4. The molecule has 4 rings (SSSR count). The second-order valence-electron chi connectivity index (χ2n) is 6.55. The van der Waals surface area contributed by atoms with Crippen molar-refractivity contribution in [1.82, 2.24) is 14.6 Å². The Morgan fingerprint density at radius 2 is 1.90 bits per heavy atom. The van der Waals surface area contributed by atoms with Gasteiger partial charge in [0.2, 0.25) is 0 Å². The summed E-state index contributed by atoms with van der Waals surface area (Å²) in [5.41, 5.74) is 1.20. The van der Waals surface area contributed by atoms with Crippen LogP contribution in [-0.4, -0.2) is 20.5 Å². The van der Waals surface area contributed by atoms with Crippen molar-refractivity contribution in [3.05, 3.63) is 71.2 Å². The van der Waals surface area contributed by atoms with Crippen LogP contribution in [0.4, 0.5) is 18.9 Å². The van der Waals surface area contributed by atoms with E-state index in [-0.39, 0.29) is 22.8 Å². The fourth-order valence-electron chi connectivity index (χ4n) is 2.85. The van der Waals surface area contributed by atoms with E-state index >= 15 is 0 Å². The minimum absolute atomic E-state index is 0.00385. The first-order valence-corrected chi connectivity index (χ1v) is 8.63. The first-order chi connectivity index (χ1) is 13.7. The van der Waals surface area contributed by atoms with Crippen LogP contribution in [0, 0.1) is 13.8 Å². The number of amides is 1. The topological polar surface area (TPSA) is 72.4 Å². The molecule has 4 aromatic rings. The number of benzene rings is 1. The molecular weight excluding hydrogens is 385 g/mol. The van der Waals surface area contributed by atoms with E-state index in [2.05, 4.69) is 15.4 Å². The zero-order valence-corrected chi connectivity index (χ0v) is 15.4. The van der Waals surface area contributed by atoms with Crippen molar-refractivity contribution in [1.29, 1.82) is 0 Å². The first-order valence-electron chi connectivity index (χ1n) is 8.63. The van der Waals surface area contributed by atoms with Gasteiger partial charge in [0.15, 0.2) is 22.8 Å². The maximum absolute atomic E-state index is 13.6. The summed E-state index contributed by atoms with van der Waals surface area (Å²) in [5.74, 6) is -0.452. The molecule has 0 spiro atoms. The Morgan fingerprint density at radius 3 is 2.55 bits per heavy atom. The molecule has 0 aliphatic carbocycles. The third-order valence-corrected chi connectivity index (χ3v) is 4.49. The number of furan rings is 1. The van der Waals surface area contributed by atoms with Crippen molar-refractivity contribution < 1.29 is 22.4 Å². The third kappa shape index (κ3) is 3.58. The number of aromatic nitrogens is 3. The lowest BCUT2D eigenvalue weighted by atomic mass is 10.1. The van der Waals surface area contributed by atoms with Crippen LogP contribution in [0.3, 0.4) is 0 Å². The van der Waals surface area contributed by atoms with Gasteiger partial charge in [-0.15, -0.1) is 0 Å². The van der Waals surface area contributed by atoms with E-state index < -0.39 is 17.8 Å². The number of nitrogens with zero attached hydrogens (tertiary/aromatic N) is 3. The van der Waals surface area contributed by atoms with Crippen molar-refractivity contribution in [3.8, 4) is 11.5 Å². The Labute approximate surface area is 163 Å². The van der Waals surface area contributed by atoms with E-state index in [1.54, 1.807) is 18.2 Å². The summed E-state index contributed by atoms with van der Waals surface area (Å²) < 4.78 is 46.4. The predicted molar refractivity (Wildman–Crippen MR) is 99.6 cm³/mol. The van der Waals surface area contributed by atoms with Crippen LogP contribution < -0.4 is 5.32 Å². The molecule has 0 saturated carbocycles. The van der Waals surface area contributed by atoms with Gasteiger partial charge in [-0.2, -0.15) is 18.3 Å². The highest BCUT2D eigenvalue weighted by Gasteiger charge is 2.36. The smallest absolute Gasteiger partial charge is 0.433 e. The number of fused-ring (bicyclic) bond motifs is 1. The standard InChI is InChI=1S/C20H15F3N4O2/c1-11-5-6-13(8-12(11)2)24-19(28)15-10-18-25-14(16-4-3-7-29-16)9-17(20(21,22)23)27(18)26-15/h3-10H,1-2H3,(H,24,28). The minimum atomic E-state index is -4.70. The number of halogens is 3. The summed E-state index contributed by atoms with van der Waals surface area (Å²) in [5, 5.41) is 6.47. The second-order valence-corrected chi connectivity index (χ2v) is 6.55. The molecule has 29 heavy (non-hydrogen) atoms. The number of nitrogens with one attached hydrogen (secondary N) is 1. The molecule has 0 aliphatic heterocycles. The lowest BCUT2D eigenvalue weighted by Crippen LogP contribution is -2.15. The molecule has 0 atom stereocenters. The number of carbonyl (C=O) groups is 1. The molecule has 3 aromatic heterocycles. The van der Waals surface area contributed by atoms with Gasteiger partial charge in [-0.1, -0.05) is 6.07 Å². The summed E-state index contributed by atoms with van der Waals surface area (Å²) in [6.07, 6.45) is -3.36. The third-order valence-electron chi connectivity index (χ3n) is 4.49. The van der Waals surface area contributed by atoms with E-state index in [1.165, 1.54) is 18.4 Å². The normalized spacial score (nSPS) is 11.8. The Balaban J connectivity index is 1.76. The highest BCUT2D eigenvalue weighted by atomic mass is 19.4. The molecule has 148 valence electrons. The van der Waals surface area contributed by atoms with E-state index in [4.69, 9.17) is 4.42 Å². The van der Waals surface area contributed by atoms with Crippen molar-refractivity contribution in [2.75, 3.05) is 5.32 Å². The molecule has 1 aromatic carbocycles. The molecule has 0 saturated heterocycles. The average molecular weight is 400 g/mol. The van der Waals surface area contributed by atoms with Gasteiger partial charge < -0.3 is 9.73 Å². The summed E-state index contributed by atoms with van der Waals surface area (Å²) in [6.45, 7) is 3.83. The number of rotatable bonds is 3. The first kappa shape index (κ1) is 18.7. The number of aryl methyl sites for hydroxylation is 2. The Morgan fingerprint density at radius 1 is 1.10 bits per heavy atom. The van der Waals surface area contributed by atoms with Gasteiger partial charge in [-0.05, 0) is 55.3 Å². The van der Waals surface area contributed by atoms with Gasteiger partial charge in [-0.25, -0.2) is 9.50 Å². The lowest BCUT2D eigenvalue weighted by Gasteiger charge is -2.09. The number of anilines is 1. The SMILES string of the molecule is Cc1ccc(NC(=O)c2cc3nc(-c4ccco4)cc(C(F)(F)F)n3n2)cc1C. The molecule has 1 N–H and O–H groups in total. The monoisotopic (exact) mass is 400 g/mol. The van der Waals surface area contributed by atoms with Gasteiger partial charge in [0, 0.05) is 11.8 Å². The van der Waals surface area contributed by atoms with Crippen LogP contribution in [-0.2, 0) is 6.18 Å². The van der Waals surface area contributed by atoms with Gasteiger partial charge in [0.05, 0.1) is 6.26 Å². The Hall–Kier alpha value is -3.62. The molecule has 0 unspecified atom stereocenters. The van der Waals surface area contributed by atoms with Crippen LogP contribution in [0.25, 0.3) is 17.1 Å².